The van der Waals surface area contributed by atoms with E-state index in [1.807, 2.05) is 0 Å². The van der Waals surface area contributed by atoms with E-state index in [9.17, 15) is 35.5 Å². The van der Waals surface area contributed by atoms with Gasteiger partial charge >= 0.3 is 103 Å². The van der Waals surface area contributed by atoms with Crippen LogP contribution in [-0.2, 0) is 29.8 Å². The Balaban J connectivity index is 0.00000353. The van der Waals surface area contributed by atoms with E-state index >= 15 is 0 Å². The fourth-order valence-electron chi connectivity index (χ4n) is 3.85. The number of hydrazone groups is 1. The molecular weight excluding hydrogens is 683 g/mol. The maximum absolute atomic E-state index is 13.1. The van der Waals surface area contributed by atoms with Crippen molar-refractivity contribution in [2.24, 2.45) is 5.10 Å². The molecule has 18 heteroatoms. The van der Waals surface area contributed by atoms with Crippen LogP contribution in [-0.4, -0.2) is 60.7 Å². The van der Waals surface area contributed by atoms with E-state index in [0.29, 0.717) is 0 Å². The van der Waals surface area contributed by atoms with Crippen LogP contribution >= 0.6 is 0 Å². The second kappa shape index (κ2) is 17.1. The van der Waals surface area contributed by atoms with Gasteiger partial charge in [0.25, 0.3) is 11.5 Å². The number of carbonyl (C=O) groups excluding carboxylic acids is 1. The molecule has 0 radical (unpaired) electrons. The van der Waals surface area contributed by atoms with Crippen LogP contribution in [0.2, 0.25) is 0 Å². The molecule has 3 aromatic rings. The first kappa shape index (κ1) is 39.7. The van der Waals surface area contributed by atoms with Crippen LogP contribution in [0.4, 0.5) is 5.69 Å². The normalized spacial score (nSPS) is 14.5. The Morgan fingerprint density at radius 1 is 0.800 bits per heavy atom. The molecular formula is C27H24K2N4O10S2. The minimum absolute atomic E-state index is 0. The third-order valence-corrected chi connectivity index (χ3v) is 7.51. The van der Waals surface area contributed by atoms with Gasteiger partial charge in [-0.3, -0.25) is 14.7 Å². The quantitative estimate of drug-likeness (QED) is 0.0945. The van der Waals surface area contributed by atoms with Crippen LogP contribution in [0.5, 0.6) is 5.88 Å². The largest absolute Gasteiger partial charge is 1.00 e. The third kappa shape index (κ3) is 9.76. The summed E-state index contributed by atoms with van der Waals surface area (Å²) in [6.45, 7) is 3.88. The molecule has 226 valence electrons. The maximum atomic E-state index is 13.1. The van der Waals surface area contributed by atoms with Crippen LogP contribution in [0, 0.1) is 0 Å². The summed E-state index contributed by atoms with van der Waals surface area (Å²) in [5, 5.41) is 7.97. The van der Waals surface area contributed by atoms with Crippen LogP contribution in [0.15, 0.2) is 98.1 Å². The fraction of sp³-hybridized carbons (Fsp3) is 0.148. The number of hydrogen-bond acceptors (Lipinski definition) is 11. The topological polar surface area (TPSA) is 203 Å². The third-order valence-electron chi connectivity index (χ3n) is 5.81. The molecule has 1 aliphatic heterocycles. The number of nitrogens with zero attached hydrogens (tertiary/aromatic N) is 3. The number of anilines is 1. The molecule has 0 unspecified atom stereocenters. The van der Waals surface area contributed by atoms with Gasteiger partial charge in [0.15, 0.2) is 0 Å². The molecule has 1 amide bonds. The molecule has 0 bridgehead atoms. The standard InChI is InChI=1S/C27H26N4O10S2.2K/c1-3-40-24-22(26(32)30(28-24)18-10-14-20(15-11-18)42(34,35)36)8-6-5-7-9-23-25(41-4-2)29-31(27(23)33)19-12-16-21(17-13-19)43(37,38)39;;/h5-17,28H,3-4H2,1-2H3,(H,34,35,36)(H,37,38,39);;/q;2*+1/p-2/b7-5+,8-6+,23-9-;;. The molecule has 0 spiro atoms. The number of allylic oxidation sites excluding steroid dienone is 4. The van der Waals surface area contributed by atoms with E-state index in [2.05, 4.69) is 10.2 Å². The Kier molecular flexibility index (Phi) is 15.0. The van der Waals surface area contributed by atoms with E-state index in [1.165, 1.54) is 48.6 Å². The molecule has 45 heavy (non-hydrogen) atoms. The molecule has 0 aliphatic carbocycles. The van der Waals surface area contributed by atoms with Crippen LogP contribution in [0.25, 0.3) is 11.8 Å². The van der Waals surface area contributed by atoms with Gasteiger partial charge in [0.2, 0.25) is 11.8 Å². The Bertz CT molecular complexity index is 1930. The van der Waals surface area contributed by atoms with Crippen LogP contribution in [0.1, 0.15) is 19.4 Å². The molecule has 1 aromatic heterocycles. The Hall–Kier alpha value is -1.50. The molecule has 14 nitrogen and oxygen atoms in total. The zero-order valence-corrected chi connectivity index (χ0v) is 32.5. The molecule has 0 saturated heterocycles. The molecule has 4 rings (SSSR count). The van der Waals surface area contributed by atoms with Crippen LogP contribution in [0.3, 0.4) is 0 Å². The van der Waals surface area contributed by atoms with E-state index in [-0.39, 0.29) is 150 Å². The predicted molar refractivity (Wildman–Crippen MR) is 153 cm³/mol. The van der Waals surface area contributed by atoms with Gasteiger partial charge in [-0.15, -0.1) is 5.10 Å². The summed E-state index contributed by atoms with van der Waals surface area (Å²) in [5.41, 5.74) is 0.248. The van der Waals surface area contributed by atoms with Gasteiger partial charge in [-0.2, -0.15) is 5.01 Å². The average Bonchev–Trinajstić information content (AvgIpc) is 3.43. The monoisotopic (exact) mass is 706 g/mol. The minimum Gasteiger partial charge on any atom is -0.744 e. The maximum Gasteiger partial charge on any atom is 1.00 e. The number of carbonyl (C=O) groups is 1. The van der Waals surface area contributed by atoms with Crippen molar-refractivity contribution in [1.82, 2.24) is 9.78 Å². The van der Waals surface area contributed by atoms with Crippen molar-refractivity contribution in [2.45, 2.75) is 23.6 Å². The van der Waals surface area contributed by atoms with Gasteiger partial charge in [0.1, 0.15) is 31.4 Å². The number of aromatic amines is 1. The van der Waals surface area contributed by atoms with Gasteiger partial charge < -0.3 is 18.6 Å². The molecule has 2 aromatic carbocycles. The van der Waals surface area contributed by atoms with Crippen molar-refractivity contribution in [2.75, 3.05) is 18.2 Å². The molecule has 0 atom stereocenters. The Labute approximate surface area is 344 Å². The number of hydrogen-bond donors (Lipinski definition) is 1. The van der Waals surface area contributed by atoms with Crippen molar-refractivity contribution < 1.29 is 143 Å². The second-order valence-corrected chi connectivity index (χ2v) is 11.4. The smallest absolute Gasteiger partial charge is 0.744 e. The number of amides is 1. The number of ether oxygens (including phenoxy) is 2. The number of aromatic nitrogens is 2. The first-order chi connectivity index (χ1) is 20.3. The second-order valence-electron chi connectivity index (χ2n) is 8.60. The van der Waals surface area contributed by atoms with Crippen molar-refractivity contribution >= 4 is 43.8 Å². The zero-order valence-electron chi connectivity index (χ0n) is 24.7. The first-order valence-corrected chi connectivity index (χ1v) is 15.4. The SMILES string of the molecule is CCOC1=NN(c2ccc(S(=O)(=O)[O-])cc2)C(=O)\C1=C/C=C/C=C/c1c(OCC)[nH]n(-c2ccc(S(=O)(=O)[O-])cc2)c1=O.[K+].[K+]. The van der Waals surface area contributed by atoms with Crippen molar-refractivity contribution in [3.63, 3.8) is 0 Å². The molecule has 1 N–H and O–H groups in total. The Morgan fingerprint density at radius 2 is 1.33 bits per heavy atom. The van der Waals surface area contributed by atoms with Crippen LogP contribution < -0.4 is 118 Å². The number of rotatable bonds is 10. The van der Waals surface area contributed by atoms with E-state index in [4.69, 9.17) is 9.47 Å². The van der Waals surface area contributed by atoms with Gasteiger partial charge in [-0.05, 0) is 74.5 Å². The molecule has 0 saturated carbocycles. The van der Waals surface area contributed by atoms with Gasteiger partial charge in [-0.1, -0.05) is 18.2 Å². The summed E-state index contributed by atoms with van der Waals surface area (Å²) in [4.78, 5) is 25.2. The predicted octanol–water partition coefficient (Wildman–Crippen LogP) is -3.73. The molecule has 0 fully saturated rings. The Morgan fingerprint density at radius 3 is 1.84 bits per heavy atom. The minimum atomic E-state index is -4.65. The summed E-state index contributed by atoms with van der Waals surface area (Å²) in [5.74, 6) is -0.374. The van der Waals surface area contributed by atoms with E-state index in [1.54, 1.807) is 19.9 Å². The molecule has 2 heterocycles. The molecule has 1 aliphatic rings. The number of benzene rings is 2. The van der Waals surface area contributed by atoms with Gasteiger partial charge in [0, 0.05) is 0 Å². The number of H-pyrrole nitrogens is 1. The van der Waals surface area contributed by atoms with Gasteiger partial charge in [-0.25, -0.2) is 21.5 Å². The number of nitrogens with one attached hydrogen (secondary N) is 1. The first-order valence-electron chi connectivity index (χ1n) is 12.6. The summed E-state index contributed by atoms with van der Waals surface area (Å²) in [6.07, 6.45) is 7.50. The van der Waals surface area contributed by atoms with E-state index in [0.717, 1.165) is 34.0 Å². The average molecular weight is 707 g/mol. The van der Waals surface area contributed by atoms with Crippen molar-refractivity contribution in [3.8, 4) is 11.6 Å². The summed E-state index contributed by atoms with van der Waals surface area (Å²) < 4.78 is 79.3. The zero-order chi connectivity index (χ0) is 31.4. The van der Waals surface area contributed by atoms with Gasteiger partial charge in [0.05, 0.1) is 34.4 Å². The summed E-state index contributed by atoms with van der Waals surface area (Å²) in [6, 6.07) is 9.49. The van der Waals surface area contributed by atoms with Crippen molar-refractivity contribution in [3.05, 3.63) is 94.3 Å². The van der Waals surface area contributed by atoms with E-state index < -0.39 is 41.5 Å². The van der Waals surface area contributed by atoms with Crippen molar-refractivity contribution in [1.29, 1.82) is 0 Å². The fourth-order valence-corrected chi connectivity index (χ4v) is 4.79. The summed E-state index contributed by atoms with van der Waals surface area (Å²) in [7, 11) is -9.30. The summed E-state index contributed by atoms with van der Waals surface area (Å²) >= 11 is 0.